The smallest absolute Gasteiger partial charge is 0.306 e. The highest BCUT2D eigenvalue weighted by atomic mass is 16.6. The van der Waals surface area contributed by atoms with E-state index >= 15 is 0 Å². The van der Waals surface area contributed by atoms with Crippen LogP contribution < -0.4 is 0 Å². The first-order chi connectivity index (χ1) is 32.0. The van der Waals surface area contributed by atoms with Crippen molar-refractivity contribution in [1.82, 2.24) is 0 Å². The molecule has 0 saturated carbocycles. The van der Waals surface area contributed by atoms with Gasteiger partial charge in [0.1, 0.15) is 13.2 Å². The van der Waals surface area contributed by atoms with Gasteiger partial charge in [-0.2, -0.15) is 0 Å². The first-order valence-corrected chi connectivity index (χ1v) is 26.7. The fraction of sp³-hybridized carbons (Fsp3) is 0.678. The van der Waals surface area contributed by atoms with E-state index in [0.29, 0.717) is 19.3 Å². The molecule has 0 radical (unpaired) electrons. The normalized spacial score (nSPS) is 12.8. The van der Waals surface area contributed by atoms with Crippen LogP contribution in [0.4, 0.5) is 0 Å². The van der Waals surface area contributed by atoms with E-state index in [9.17, 15) is 14.4 Å². The fourth-order valence-electron chi connectivity index (χ4n) is 7.10. The molecule has 1 unspecified atom stereocenters. The molecule has 0 fully saturated rings. The fourth-order valence-corrected chi connectivity index (χ4v) is 7.10. The quantitative estimate of drug-likeness (QED) is 0.0262. The average molecular weight is 903 g/mol. The maximum Gasteiger partial charge on any atom is 0.306 e. The van der Waals surface area contributed by atoms with Crippen LogP contribution in [0.2, 0.25) is 0 Å². The summed E-state index contributed by atoms with van der Waals surface area (Å²) in [5.41, 5.74) is 0. The van der Waals surface area contributed by atoms with Crippen molar-refractivity contribution >= 4 is 17.9 Å². The lowest BCUT2D eigenvalue weighted by atomic mass is 10.1. The Kier molecular flexibility index (Phi) is 50.0. The molecular formula is C59H98O6. The van der Waals surface area contributed by atoms with Crippen LogP contribution in [0.1, 0.15) is 239 Å². The van der Waals surface area contributed by atoms with E-state index in [2.05, 4.69) is 118 Å². The van der Waals surface area contributed by atoms with E-state index in [0.717, 1.165) is 122 Å². The second-order valence-corrected chi connectivity index (χ2v) is 17.4. The summed E-state index contributed by atoms with van der Waals surface area (Å²) in [4.78, 5) is 37.7. The summed E-state index contributed by atoms with van der Waals surface area (Å²) >= 11 is 0. The van der Waals surface area contributed by atoms with Crippen molar-refractivity contribution in [3.63, 3.8) is 0 Å². The Morgan fingerprint density at radius 2 is 0.600 bits per heavy atom. The lowest BCUT2D eigenvalue weighted by Gasteiger charge is -2.18. The molecule has 0 N–H and O–H groups in total. The van der Waals surface area contributed by atoms with Crippen LogP contribution in [0.15, 0.2) is 97.2 Å². The Labute approximate surface area is 400 Å². The molecule has 0 spiro atoms. The number of unbranched alkanes of at least 4 members (excludes halogenated alkanes) is 20. The van der Waals surface area contributed by atoms with Crippen LogP contribution in [-0.4, -0.2) is 37.2 Å². The molecule has 0 aliphatic heterocycles. The molecule has 0 amide bonds. The number of carbonyl (C=O) groups is 3. The Hall–Kier alpha value is -3.67. The van der Waals surface area contributed by atoms with Gasteiger partial charge in [-0.1, -0.05) is 234 Å². The Balaban J connectivity index is 4.21. The zero-order valence-electron chi connectivity index (χ0n) is 42.2. The van der Waals surface area contributed by atoms with Crippen molar-refractivity contribution in [2.24, 2.45) is 0 Å². The number of rotatable bonds is 47. The largest absolute Gasteiger partial charge is 0.462 e. The van der Waals surface area contributed by atoms with Crippen LogP contribution >= 0.6 is 0 Å². The second-order valence-electron chi connectivity index (χ2n) is 17.4. The van der Waals surface area contributed by atoms with Gasteiger partial charge in [-0.05, 0) is 83.5 Å². The van der Waals surface area contributed by atoms with E-state index in [1.165, 1.54) is 77.0 Å². The molecule has 65 heavy (non-hydrogen) atoms. The number of hydrogen-bond acceptors (Lipinski definition) is 6. The van der Waals surface area contributed by atoms with Gasteiger partial charge in [0.05, 0.1) is 0 Å². The molecule has 6 heteroatoms. The summed E-state index contributed by atoms with van der Waals surface area (Å²) in [7, 11) is 0. The molecule has 0 bridgehead atoms. The maximum absolute atomic E-state index is 12.7. The first kappa shape index (κ1) is 61.3. The third-order valence-electron chi connectivity index (χ3n) is 11.1. The molecule has 0 aromatic carbocycles. The Morgan fingerprint density at radius 3 is 0.938 bits per heavy atom. The van der Waals surface area contributed by atoms with Gasteiger partial charge in [-0.15, -0.1) is 0 Å². The van der Waals surface area contributed by atoms with Gasteiger partial charge in [0.25, 0.3) is 0 Å². The van der Waals surface area contributed by atoms with E-state index in [4.69, 9.17) is 14.2 Å². The Bertz CT molecular complexity index is 1310. The summed E-state index contributed by atoms with van der Waals surface area (Å²) in [6.07, 6.45) is 69.9. The number of esters is 3. The van der Waals surface area contributed by atoms with Crippen LogP contribution in [-0.2, 0) is 28.6 Å². The number of allylic oxidation sites excluding steroid dienone is 16. The van der Waals surface area contributed by atoms with Crippen LogP contribution in [0.25, 0.3) is 0 Å². The zero-order chi connectivity index (χ0) is 47.2. The molecule has 0 aromatic heterocycles. The summed E-state index contributed by atoms with van der Waals surface area (Å²) in [5, 5.41) is 0. The molecule has 0 aliphatic rings. The molecule has 0 aromatic rings. The van der Waals surface area contributed by atoms with Gasteiger partial charge in [0, 0.05) is 19.3 Å². The van der Waals surface area contributed by atoms with Gasteiger partial charge >= 0.3 is 17.9 Å². The van der Waals surface area contributed by atoms with Crippen molar-refractivity contribution in [3.8, 4) is 0 Å². The molecule has 6 nitrogen and oxygen atoms in total. The van der Waals surface area contributed by atoms with E-state index < -0.39 is 6.10 Å². The second kappa shape index (κ2) is 52.9. The molecule has 1 atom stereocenters. The summed E-state index contributed by atoms with van der Waals surface area (Å²) in [5.74, 6) is -0.919. The summed E-state index contributed by atoms with van der Waals surface area (Å²) < 4.78 is 16.7. The number of hydrogen-bond donors (Lipinski definition) is 0. The minimum Gasteiger partial charge on any atom is -0.462 e. The number of carbonyl (C=O) groups excluding carboxylic acids is 3. The van der Waals surface area contributed by atoms with Crippen LogP contribution in [0.5, 0.6) is 0 Å². The van der Waals surface area contributed by atoms with Crippen molar-refractivity contribution in [3.05, 3.63) is 97.2 Å². The van der Waals surface area contributed by atoms with Crippen LogP contribution in [0, 0.1) is 0 Å². The predicted molar refractivity (Wildman–Crippen MR) is 279 cm³/mol. The highest BCUT2D eigenvalue weighted by Gasteiger charge is 2.19. The standard InChI is InChI=1S/C59H98O6/c1-4-7-10-13-16-18-20-21-22-23-24-25-26-27-28-29-30-31-32-33-34-35-36-37-39-40-43-46-49-52-58(61)64-55-56(54-63-57(60)51-48-45-42-15-12-9-6-3)65-59(62)53-50-47-44-41-38-19-17-14-11-8-5-2/h7,10,16,18,21-22,24-25,27-28,30-31,33-34,36-37,56H,4-6,8-9,11-15,17,19-20,23,26,29,32,35,38-55H2,1-3H3/b10-7-,18-16-,22-21-,25-24-,28-27-,31-30-,34-33-,37-36-. The van der Waals surface area contributed by atoms with Gasteiger partial charge in [-0.3, -0.25) is 14.4 Å². The molecule has 0 aliphatic carbocycles. The monoisotopic (exact) mass is 903 g/mol. The molecular weight excluding hydrogens is 805 g/mol. The minimum atomic E-state index is -0.782. The highest BCUT2D eigenvalue weighted by Crippen LogP contribution is 2.14. The van der Waals surface area contributed by atoms with E-state index in [1.807, 2.05) is 0 Å². The highest BCUT2D eigenvalue weighted by molar-refractivity contribution is 5.71. The zero-order valence-corrected chi connectivity index (χ0v) is 42.2. The van der Waals surface area contributed by atoms with E-state index in [1.54, 1.807) is 0 Å². The van der Waals surface area contributed by atoms with Gasteiger partial charge in [0.15, 0.2) is 6.10 Å². The summed E-state index contributed by atoms with van der Waals surface area (Å²) in [6.45, 7) is 6.44. The maximum atomic E-state index is 12.7. The topological polar surface area (TPSA) is 78.9 Å². The predicted octanol–water partition coefficient (Wildman–Crippen LogP) is 17.8. The molecule has 370 valence electrons. The number of ether oxygens (including phenoxy) is 3. The van der Waals surface area contributed by atoms with Gasteiger partial charge in [0.2, 0.25) is 0 Å². The lowest BCUT2D eigenvalue weighted by Crippen LogP contribution is -2.30. The van der Waals surface area contributed by atoms with Gasteiger partial charge in [-0.25, -0.2) is 0 Å². The van der Waals surface area contributed by atoms with Crippen LogP contribution in [0.3, 0.4) is 0 Å². The minimum absolute atomic E-state index is 0.0839. The summed E-state index contributed by atoms with van der Waals surface area (Å²) in [6, 6.07) is 0. The average Bonchev–Trinajstić information content (AvgIpc) is 3.30. The van der Waals surface area contributed by atoms with Crippen molar-refractivity contribution in [1.29, 1.82) is 0 Å². The van der Waals surface area contributed by atoms with Crippen molar-refractivity contribution in [2.75, 3.05) is 13.2 Å². The Morgan fingerprint density at radius 1 is 0.323 bits per heavy atom. The molecule has 0 rings (SSSR count). The lowest BCUT2D eigenvalue weighted by molar-refractivity contribution is -0.167. The third-order valence-corrected chi connectivity index (χ3v) is 11.1. The van der Waals surface area contributed by atoms with Crippen molar-refractivity contribution in [2.45, 2.75) is 245 Å². The van der Waals surface area contributed by atoms with E-state index in [-0.39, 0.29) is 31.1 Å². The van der Waals surface area contributed by atoms with Crippen molar-refractivity contribution < 1.29 is 28.6 Å². The molecule has 0 saturated heterocycles. The first-order valence-electron chi connectivity index (χ1n) is 26.7. The SMILES string of the molecule is CC/C=C\C/C=C\C/C=C\C/C=C\C/C=C\C/C=C\C/C=C\C/C=C\CCCCCCC(=O)OCC(COC(=O)CCCCCCCCC)OC(=O)CCCCCCCCCCCCC. The van der Waals surface area contributed by atoms with Gasteiger partial charge < -0.3 is 14.2 Å². The third kappa shape index (κ3) is 51.2. The molecule has 0 heterocycles.